The van der Waals surface area contributed by atoms with Crippen molar-refractivity contribution in [3.05, 3.63) is 47.2 Å². The van der Waals surface area contributed by atoms with Crippen LogP contribution in [0.3, 0.4) is 0 Å². The van der Waals surface area contributed by atoms with E-state index in [9.17, 15) is 0 Å². The lowest BCUT2D eigenvalue weighted by Crippen LogP contribution is -2.27. The predicted octanol–water partition coefficient (Wildman–Crippen LogP) is 3.37. The summed E-state index contributed by atoms with van der Waals surface area (Å²) in [6.45, 7) is 2.47. The van der Waals surface area contributed by atoms with E-state index in [0.29, 0.717) is 0 Å². The van der Waals surface area contributed by atoms with Crippen LogP contribution < -0.4 is 4.90 Å². The van der Waals surface area contributed by atoms with E-state index in [1.165, 1.54) is 28.0 Å². The van der Waals surface area contributed by atoms with Crippen LogP contribution in [-0.2, 0) is 15.9 Å². The minimum atomic E-state index is 0.754. The highest BCUT2D eigenvalue weighted by Crippen LogP contribution is 2.45. The Morgan fingerprint density at radius 3 is 3.10 bits per heavy atom. The van der Waals surface area contributed by atoms with Gasteiger partial charge < -0.3 is 4.90 Å². The van der Waals surface area contributed by atoms with Gasteiger partial charge in [0, 0.05) is 31.4 Å². The zero-order valence-corrected chi connectivity index (χ0v) is 12.3. The number of benzene rings is 1. The van der Waals surface area contributed by atoms with E-state index >= 15 is 0 Å². The first kappa shape index (κ1) is 13.4. The lowest BCUT2D eigenvalue weighted by atomic mass is 9.93. The number of allylic oxidation sites excluding steroid dienone is 3. The fourth-order valence-corrected chi connectivity index (χ4v) is 3.83. The zero-order chi connectivity index (χ0) is 14.2. The third-order valence-electron chi connectivity index (χ3n) is 4.22. The van der Waals surface area contributed by atoms with Crippen molar-refractivity contribution >= 4 is 23.5 Å². The second-order valence-corrected chi connectivity index (χ2v) is 6.20. The lowest BCUT2D eigenvalue weighted by Gasteiger charge is -2.29. The maximum atomic E-state index is 8.33. The summed E-state index contributed by atoms with van der Waals surface area (Å²) in [5.74, 6) is 0. The first-order valence-electron chi connectivity index (χ1n) is 7.07. The number of fused-ring (bicyclic) bond motifs is 2. The molecule has 1 aromatic rings. The Morgan fingerprint density at radius 2 is 2.19 bits per heavy atom. The Kier molecular flexibility index (Phi) is 3.48. The van der Waals surface area contributed by atoms with Gasteiger partial charge in [0.05, 0.1) is 5.69 Å². The fraction of sp³-hybridized carbons (Fsp3) is 0.333. The molecule has 0 saturated carbocycles. The molecular formula is C15H16N2O3S. The minimum absolute atomic E-state index is 0.754. The van der Waals surface area contributed by atoms with E-state index in [1.807, 2.05) is 4.31 Å². The Hall–Kier alpha value is -1.31. The molecule has 0 unspecified atom stereocenters. The molecule has 110 valence electrons. The first-order valence-corrected chi connectivity index (χ1v) is 7.76. The van der Waals surface area contributed by atoms with E-state index in [0.717, 1.165) is 44.7 Å². The van der Waals surface area contributed by atoms with E-state index in [4.69, 9.17) is 5.26 Å². The van der Waals surface area contributed by atoms with Crippen molar-refractivity contribution in [3.8, 4) is 0 Å². The average molecular weight is 304 g/mol. The molecule has 0 spiro atoms. The van der Waals surface area contributed by atoms with Crippen LogP contribution in [0.4, 0.5) is 5.69 Å². The largest absolute Gasteiger partial charge is 0.346 e. The summed E-state index contributed by atoms with van der Waals surface area (Å²) in [5, 5.41) is 12.0. The van der Waals surface area contributed by atoms with Crippen LogP contribution in [0.5, 0.6) is 0 Å². The van der Waals surface area contributed by atoms with Crippen molar-refractivity contribution in [2.45, 2.75) is 19.4 Å². The van der Waals surface area contributed by atoms with Gasteiger partial charge in [-0.2, -0.15) is 0 Å². The second-order valence-electron chi connectivity index (χ2n) is 5.40. The summed E-state index contributed by atoms with van der Waals surface area (Å²) in [4.78, 5) is 2.35. The Balaban J connectivity index is 1.74. The van der Waals surface area contributed by atoms with Crippen LogP contribution in [0.1, 0.15) is 24.0 Å². The maximum Gasteiger partial charge on any atom is 0.124 e. The topological polar surface area (TPSA) is 45.2 Å². The monoisotopic (exact) mass is 304 g/mol. The van der Waals surface area contributed by atoms with Crippen molar-refractivity contribution in [3.63, 3.8) is 0 Å². The standard InChI is InChI=1S/C15H16N2O3S/c18-19-20-21-17-8-7-16-9-11-3-1-5-13(11)14-6-2-4-12(10-17)15(14)16/h2,4-6,9,18H,1,3,7-8,10H2. The first-order chi connectivity index (χ1) is 10.4. The third kappa shape index (κ3) is 2.29. The highest BCUT2D eigenvalue weighted by molar-refractivity contribution is 7.92. The highest BCUT2D eigenvalue weighted by Gasteiger charge is 2.29. The number of hydrogen-bond donors (Lipinski definition) is 1. The fourth-order valence-electron chi connectivity index (χ4n) is 3.37. The Labute approximate surface area is 127 Å². The molecule has 4 rings (SSSR count). The van der Waals surface area contributed by atoms with Gasteiger partial charge in [-0.25, -0.2) is 9.56 Å². The Morgan fingerprint density at radius 1 is 1.24 bits per heavy atom. The van der Waals surface area contributed by atoms with Crippen LogP contribution in [0, 0.1) is 0 Å². The summed E-state index contributed by atoms with van der Waals surface area (Å²) >= 11 is 1.03. The molecule has 0 fully saturated rings. The van der Waals surface area contributed by atoms with Crippen LogP contribution in [0.25, 0.3) is 5.57 Å². The zero-order valence-electron chi connectivity index (χ0n) is 11.5. The quantitative estimate of drug-likeness (QED) is 0.400. The minimum Gasteiger partial charge on any atom is -0.346 e. The van der Waals surface area contributed by atoms with Gasteiger partial charge in [0.25, 0.3) is 0 Å². The smallest absolute Gasteiger partial charge is 0.124 e. The molecule has 0 bridgehead atoms. The molecule has 1 aromatic carbocycles. The maximum absolute atomic E-state index is 8.33. The highest BCUT2D eigenvalue weighted by atomic mass is 32.2. The SMILES string of the molecule is OOOSN1CCN2C=C3CCC=C3c3cccc(c32)C1. The van der Waals surface area contributed by atoms with Crippen LogP contribution >= 0.6 is 12.2 Å². The number of nitrogens with zero attached hydrogens (tertiary/aromatic N) is 2. The molecule has 0 radical (unpaired) electrons. The number of hydrogen-bond acceptors (Lipinski definition) is 6. The number of anilines is 1. The summed E-state index contributed by atoms with van der Waals surface area (Å²) in [6.07, 6.45) is 6.92. The molecule has 1 aliphatic carbocycles. The summed E-state index contributed by atoms with van der Waals surface area (Å²) in [5.41, 5.74) is 6.76. The van der Waals surface area contributed by atoms with Crippen molar-refractivity contribution in [2.75, 3.05) is 18.0 Å². The van der Waals surface area contributed by atoms with Crippen molar-refractivity contribution in [1.29, 1.82) is 0 Å². The predicted molar refractivity (Wildman–Crippen MR) is 81.9 cm³/mol. The molecule has 1 N–H and O–H groups in total. The van der Waals surface area contributed by atoms with Crippen molar-refractivity contribution in [2.24, 2.45) is 0 Å². The van der Waals surface area contributed by atoms with Crippen molar-refractivity contribution < 1.29 is 14.6 Å². The van der Waals surface area contributed by atoms with E-state index in [2.05, 4.69) is 44.7 Å². The summed E-state index contributed by atoms with van der Waals surface area (Å²) < 4.78 is 6.62. The number of para-hydroxylation sites is 1. The lowest BCUT2D eigenvalue weighted by molar-refractivity contribution is -0.433. The molecule has 0 amide bonds. The molecule has 6 heteroatoms. The van der Waals surface area contributed by atoms with Crippen LogP contribution in [0.15, 0.2) is 36.0 Å². The van der Waals surface area contributed by atoms with E-state index in [1.54, 1.807) is 0 Å². The molecule has 0 aromatic heterocycles. The van der Waals surface area contributed by atoms with Gasteiger partial charge in [0.1, 0.15) is 12.2 Å². The van der Waals surface area contributed by atoms with Crippen LogP contribution in [0.2, 0.25) is 0 Å². The van der Waals surface area contributed by atoms with Crippen molar-refractivity contribution in [1.82, 2.24) is 4.31 Å². The molecule has 3 aliphatic rings. The second kappa shape index (κ2) is 5.47. The van der Waals surface area contributed by atoms with Gasteiger partial charge in [-0.05, 0) is 29.6 Å². The summed E-state index contributed by atoms with van der Waals surface area (Å²) in [6, 6.07) is 6.48. The van der Waals surface area contributed by atoms with Gasteiger partial charge in [0.2, 0.25) is 0 Å². The normalized spacial score (nSPS) is 20.5. The van der Waals surface area contributed by atoms with E-state index < -0.39 is 0 Å². The molecule has 5 nitrogen and oxygen atoms in total. The van der Waals surface area contributed by atoms with Gasteiger partial charge in [-0.3, -0.25) is 0 Å². The molecule has 0 atom stereocenters. The number of rotatable bonds is 3. The third-order valence-corrected chi connectivity index (χ3v) is 4.86. The van der Waals surface area contributed by atoms with E-state index in [-0.39, 0.29) is 0 Å². The molecular weight excluding hydrogens is 288 g/mol. The van der Waals surface area contributed by atoms with Gasteiger partial charge in [-0.15, -0.1) is 4.33 Å². The molecule has 21 heavy (non-hydrogen) atoms. The Bertz CT molecular complexity index is 629. The molecule has 0 saturated heterocycles. The molecule has 2 aliphatic heterocycles. The summed E-state index contributed by atoms with van der Waals surface area (Å²) in [7, 11) is 0. The van der Waals surface area contributed by atoms with Gasteiger partial charge >= 0.3 is 0 Å². The van der Waals surface area contributed by atoms with Gasteiger partial charge in [0.15, 0.2) is 0 Å². The van der Waals surface area contributed by atoms with Gasteiger partial charge in [-0.1, -0.05) is 29.3 Å². The van der Waals surface area contributed by atoms with Crippen LogP contribution in [-0.4, -0.2) is 22.7 Å². The molecule has 2 heterocycles. The average Bonchev–Trinajstić information content (AvgIpc) is 2.90.